The van der Waals surface area contributed by atoms with E-state index in [1.54, 1.807) is 11.8 Å². The van der Waals surface area contributed by atoms with Gasteiger partial charge in [-0.05, 0) is 43.1 Å². The highest BCUT2D eigenvalue weighted by molar-refractivity contribution is 7.98. The first-order valence-electron chi connectivity index (χ1n) is 6.54. The number of thioether (sulfide) groups is 1. The van der Waals surface area contributed by atoms with Gasteiger partial charge in [-0.2, -0.15) is 0 Å². The first-order valence-corrected chi connectivity index (χ1v) is 8.15. The maximum absolute atomic E-state index is 6.07. The van der Waals surface area contributed by atoms with E-state index in [0.717, 1.165) is 40.1 Å². The molecule has 0 aromatic heterocycles. The van der Waals surface area contributed by atoms with E-state index in [0.29, 0.717) is 0 Å². The quantitative estimate of drug-likeness (QED) is 0.762. The second-order valence-corrected chi connectivity index (χ2v) is 5.57. The number of hydrogen-bond donors (Lipinski definition) is 1. The molecule has 0 saturated heterocycles. The minimum Gasteiger partial charge on any atom is -0.456 e. The van der Waals surface area contributed by atoms with E-state index in [-0.39, 0.29) is 0 Å². The molecule has 2 aromatic carbocycles. The summed E-state index contributed by atoms with van der Waals surface area (Å²) in [4.78, 5) is 1.12. The van der Waals surface area contributed by atoms with Crippen LogP contribution >= 0.6 is 23.4 Å². The molecule has 0 amide bonds. The maximum atomic E-state index is 6.07. The Hall–Kier alpha value is -1.16. The second kappa shape index (κ2) is 7.58. The number of hydrogen-bond acceptors (Lipinski definition) is 3. The van der Waals surface area contributed by atoms with Crippen molar-refractivity contribution in [1.82, 2.24) is 5.32 Å². The molecule has 0 aliphatic heterocycles. The van der Waals surface area contributed by atoms with E-state index >= 15 is 0 Å². The molecule has 4 heteroatoms. The molecule has 2 rings (SSSR count). The summed E-state index contributed by atoms with van der Waals surface area (Å²) >= 11 is 7.74. The number of para-hydroxylation sites is 1. The molecule has 0 saturated carbocycles. The Labute approximate surface area is 129 Å². The largest absolute Gasteiger partial charge is 0.456 e. The highest BCUT2D eigenvalue weighted by Crippen LogP contribution is 2.33. The predicted molar refractivity (Wildman–Crippen MR) is 87.1 cm³/mol. The lowest BCUT2D eigenvalue weighted by Crippen LogP contribution is -2.12. The molecule has 0 unspecified atom stereocenters. The topological polar surface area (TPSA) is 21.3 Å². The van der Waals surface area contributed by atoms with Gasteiger partial charge in [0.05, 0.1) is 0 Å². The Bertz CT molecular complexity index is 574. The molecule has 0 aliphatic rings. The van der Waals surface area contributed by atoms with Crippen molar-refractivity contribution >= 4 is 23.4 Å². The van der Waals surface area contributed by atoms with Gasteiger partial charge in [-0.3, -0.25) is 0 Å². The molecule has 0 aliphatic carbocycles. The Morgan fingerprint density at radius 2 is 1.95 bits per heavy atom. The monoisotopic (exact) mass is 307 g/mol. The second-order valence-electron chi connectivity index (χ2n) is 4.29. The van der Waals surface area contributed by atoms with Crippen LogP contribution in [-0.4, -0.2) is 12.8 Å². The van der Waals surface area contributed by atoms with E-state index in [2.05, 4.69) is 18.3 Å². The Morgan fingerprint density at radius 3 is 2.70 bits per heavy atom. The Kier molecular flexibility index (Phi) is 5.77. The van der Waals surface area contributed by atoms with Gasteiger partial charge in [-0.25, -0.2) is 0 Å². The summed E-state index contributed by atoms with van der Waals surface area (Å²) in [6, 6.07) is 13.8. The summed E-state index contributed by atoms with van der Waals surface area (Å²) in [7, 11) is 0. The van der Waals surface area contributed by atoms with Crippen molar-refractivity contribution in [3.8, 4) is 11.5 Å². The molecule has 0 fully saturated rings. The van der Waals surface area contributed by atoms with Crippen LogP contribution in [0.3, 0.4) is 0 Å². The minimum atomic E-state index is 0.725. The van der Waals surface area contributed by atoms with Crippen molar-refractivity contribution in [2.45, 2.75) is 18.4 Å². The maximum Gasteiger partial charge on any atom is 0.140 e. The van der Waals surface area contributed by atoms with Crippen molar-refractivity contribution in [2.75, 3.05) is 12.8 Å². The van der Waals surface area contributed by atoms with Crippen LogP contribution in [0.25, 0.3) is 0 Å². The van der Waals surface area contributed by atoms with E-state index in [4.69, 9.17) is 16.3 Å². The van der Waals surface area contributed by atoms with Gasteiger partial charge in [-0.15, -0.1) is 11.8 Å². The normalized spacial score (nSPS) is 10.6. The number of halogens is 1. The predicted octanol–water partition coefficient (Wildman–Crippen LogP) is 4.96. The van der Waals surface area contributed by atoms with Gasteiger partial charge in [0, 0.05) is 22.0 Å². The third kappa shape index (κ3) is 3.92. The third-order valence-corrected chi connectivity index (χ3v) is 3.89. The molecule has 2 nitrogen and oxygen atoms in total. The van der Waals surface area contributed by atoms with Gasteiger partial charge in [0.1, 0.15) is 11.5 Å². The average Bonchev–Trinajstić information content (AvgIpc) is 2.48. The first-order chi connectivity index (χ1) is 9.74. The van der Waals surface area contributed by atoms with Gasteiger partial charge < -0.3 is 10.1 Å². The summed E-state index contributed by atoms with van der Waals surface area (Å²) in [6.45, 7) is 3.73. The molecule has 0 bridgehead atoms. The lowest BCUT2D eigenvalue weighted by atomic mass is 10.2. The summed E-state index contributed by atoms with van der Waals surface area (Å²) in [5.74, 6) is 1.72. The van der Waals surface area contributed by atoms with Gasteiger partial charge in [0.25, 0.3) is 0 Å². The number of benzene rings is 2. The zero-order valence-electron chi connectivity index (χ0n) is 11.7. The molecule has 106 valence electrons. The van der Waals surface area contributed by atoms with E-state index in [1.165, 1.54) is 0 Å². The van der Waals surface area contributed by atoms with Crippen molar-refractivity contribution in [3.63, 3.8) is 0 Å². The van der Waals surface area contributed by atoms with Gasteiger partial charge in [-0.1, -0.05) is 30.7 Å². The van der Waals surface area contributed by atoms with Crippen LogP contribution in [0.1, 0.15) is 12.5 Å². The van der Waals surface area contributed by atoms with E-state index in [1.807, 2.05) is 42.7 Å². The smallest absolute Gasteiger partial charge is 0.140 e. The van der Waals surface area contributed by atoms with Crippen LogP contribution < -0.4 is 10.1 Å². The van der Waals surface area contributed by atoms with Crippen LogP contribution in [0.4, 0.5) is 0 Å². The number of ether oxygens (including phenoxy) is 1. The van der Waals surface area contributed by atoms with Crippen molar-refractivity contribution in [3.05, 3.63) is 53.1 Å². The average molecular weight is 308 g/mol. The molecular formula is C16H18ClNOS. The van der Waals surface area contributed by atoms with Crippen LogP contribution in [0.5, 0.6) is 11.5 Å². The zero-order valence-corrected chi connectivity index (χ0v) is 13.2. The van der Waals surface area contributed by atoms with Crippen molar-refractivity contribution in [1.29, 1.82) is 0 Å². The zero-order chi connectivity index (χ0) is 14.4. The van der Waals surface area contributed by atoms with Crippen LogP contribution in [0.2, 0.25) is 5.02 Å². The fourth-order valence-electron chi connectivity index (χ4n) is 1.87. The van der Waals surface area contributed by atoms with Crippen LogP contribution in [-0.2, 0) is 6.54 Å². The fraction of sp³-hybridized carbons (Fsp3) is 0.250. The van der Waals surface area contributed by atoms with Crippen molar-refractivity contribution < 1.29 is 4.74 Å². The molecule has 2 aromatic rings. The summed E-state index contributed by atoms with van der Waals surface area (Å²) in [6.07, 6.45) is 2.05. The molecular weight excluding hydrogens is 290 g/mol. The SMILES string of the molecule is CCNCc1cc(Cl)ccc1Oc1ccccc1SC. The highest BCUT2D eigenvalue weighted by Gasteiger charge is 2.08. The highest BCUT2D eigenvalue weighted by atomic mass is 35.5. The molecule has 20 heavy (non-hydrogen) atoms. The van der Waals surface area contributed by atoms with Gasteiger partial charge >= 0.3 is 0 Å². The van der Waals surface area contributed by atoms with Gasteiger partial charge in [0.15, 0.2) is 0 Å². The van der Waals surface area contributed by atoms with Crippen LogP contribution in [0, 0.1) is 0 Å². The molecule has 0 spiro atoms. The van der Waals surface area contributed by atoms with Gasteiger partial charge in [0.2, 0.25) is 0 Å². The number of rotatable bonds is 6. The van der Waals surface area contributed by atoms with E-state index < -0.39 is 0 Å². The van der Waals surface area contributed by atoms with Crippen molar-refractivity contribution in [2.24, 2.45) is 0 Å². The summed E-state index contributed by atoms with van der Waals surface area (Å²) < 4.78 is 6.06. The lowest BCUT2D eigenvalue weighted by Gasteiger charge is -2.14. The van der Waals surface area contributed by atoms with E-state index in [9.17, 15) is 0 Å². The standard InChI is InChI=1S/C16H18ClNOS/c1-3-18-11-12-10-13(17)8-9-14(12)19-15-6-4-5-7-16(15)20-2/h4-10,18H,3,11H2,1-2H3. The molecule has 0 heterocycles. The number of nitrogens with one attached hydrogen (secondary N) is 1. The summed E-state index contributed by atoms with van der Waals surface area (Å²) in [5.41, 5.74) is 1.07. The lowest BCUT2D eigenvalue weighted by molar-refractivity contribution is 0.462. The molecule has 0 atom stereocenters. The first kappa shape index (κ1) is 15.2. The molecule has 0 radical (unpaired) electrons. The fourth-order valence-corrected chi connectivity index (χ4v) is 2.59. The Morgan fingerprint density at radius 1 is 1.15 bits per heavy atom. The molecule has 1 N–H and O–H groups in total. The van der Waals surface area contributed by atoms with Crippen LogP contribution in [0.15, 0.2) is 47.4 Å². The Balaban J connectivity index is 2.28. The summed E-state index contributed by atoms with van der Waals surface area (Å²) in [5, 5.41) is 4.03. The minimum absolute atomic E-state index is 0.725. The third-order valence-electron chi connectivity index (χ3n) is 2.88.